The first-order valence-corrected chi connectivity index (χ1v) is 15.7. The lowest BCUT2D eigenvalue weighted by atomic mass is 9.95. The maximum Gasteiger partial charge on any atom is 0.251 e. The third kappa shape index (κ3) is 7.45. The Morgan fingerprint density at radius 3 is 2.23 bits per heavy atom. The molecule has 0 unspecified atom stereocenters. The van der Waals surface area contributed by atoms with Gasteiger partial charge in [0.1, 0.15) is 5.75 Å². The molecular formula is C37H45N5O2. The second kappa shape index (κ2) is 14.5. The van der Waals surface area contributed by atoms with Crippen LogP contribution in [0.15, 0.2) is 79.4 Å². The number of benzene rings is 2. The summed E-state index contributed by atoms with van der Waals surface area (Å²) in [7, 11) is 1.71. The van der Waals surface area contributed by atoms with Crippen LogP contribution >= 0.6 is 0 Å². The smallest absolute Gasteiger partial charge is 0.251 e. The van der Waals surface area contributed by atoms with Crippen molar-refractivity contribution in [2.45, 2.75) is 65.6 Å². The fourth-order valence-electron chi connectivity index (χ4n) is 6.39. The summed E-state index contributed by atoms with van der Waals surface area (Å²) in [4.78, 5) is 26.8. The largest absolute Gasteiger partial charge is 0.497 e. The number of pyridine rings is 2. The number of aryl methyl sites for hydroxylation is 3. The zero-order chi connectivity index (χ0) is 31.1. The number of likely N-dealkylation sites (tertiary alicyclic amines) is 1. The van der Waals surface area contributed by atoms with Crippen molar-refractivity contribution in [1.29, 1.82) is 0 Å². The van der Waals surface area contributed by atoms with Gasteiger partial charge >= 0.3 is 0 Å². The average Bonchev–Trinajstić information content (AvgIpc) is 3.04. The molecule has 1 amide bonds. The Morgan fingerprint density at radius 2 is 1.59 bits per heavy atom. The number of piperidine rings is 1. The zero-order valence-electron chi connectivity index (χ0n) is 26.7. The highest BCUT2D eigenvalue weighted by molar-refractivity contribution is 5.97. The number of anilines is 1. The van der Waals surface area contributed by atoms with Gasteiger partial charge in [-0.1, -0.05) is 12.1 Å². The molecule has 0 spiro atoms. The molecule has 5 rings (SSSR count). The number of hydrogen-bond donors (Lipinski definition) is 1. The van der Waals surface area contributed by atoms with Gasteiger partial charge in [-0.2, -0.15) is 0 Å². The van der Waals surface area contributed by atoms with Gasteiger partial charge in [0.15, 0.2) is 0 Å². The molecule has 0 saturated carbocycles. The van der Waals surface area contributed by atoms with Gasteiger partial charge in [-0.05, 0) is 123 Å². The van der Waals surface area contributed by atoms with Crippen molar-refractivity contribution in [3.63, 3.8) is 0 Å². The Hall–Kier alpha value is -4.23. The van der Waals surface area contributed by atoms with Crippen LogP contribution in [0.1, 0.15) is 58.8 Å². The number of ether oxygens (including phenoxy) is 1. The van der Waals surface area contributed by atoms with E-state index in [0.717, 1.165) is 72.5 Å². The van der Waals surface area contributed by atoms with Crippen LogP contribution in [0.3, 0.4) is 0 Å². The van der Waals surface area contributed by atoms with Crippen molar-refractivity contribution in [2.24, 2.45) is 0 Å². The molecule has 1 aliphatic heterocycles. The van der Waals surface area contributed by atoms with Crippen LogP contribution in [0.2, 0.25) is 0 Å². The van der Waals surface area contributed by atoms with Crippen molar-refractivity contribution < 1.29 is 9.53 Å². The highest BCUT2D eigenvalue weighted by Crippen LogP contribution is 2.29. The van der Waals surface area contributed by atoms with E-state index in [1.165, 1.54) is 16.8 Å². The maximum absolute atomic E-state index is 13.2. The van der Waals surface area contributed by atoms with Crippen LogP contribution in [-0.4, -0.2) is 59.6 Å². The number of carbonyl (C=O) groups excluding carboxylic acids is 1. The molecule has 0 aliphatic carbocycles. The summed E-state index contributed by atoms with van der Waals surface area (Å²) in [5, 5.41) is 3.20. The number of aromatic nitrogens is 2. The number of rotatable bonds is 11. The SMILES string of the molecule is COc1ccc(N(Cc2cnccc2C)C2CCN([C@H](C)CCNC(=O)c3c(C)cc(-c4ccncc4)cc3C)CC2)cc1. The maximum atomic E-state index is 13.2. The molecule has 1 N–H and O–H groups in total. The van der Waals surface area contributed by atoms with Gasteiger partial charge in [0.25, 0.3) is 5.91 Å². The van der Waals surface area contributed by atoms with Crippen LogP contribution in [0.5, 0.6) is 5.75 Å². The molecule has 7 nitrogen and oxygen atoms in total. The molecule has 4 aromatic rings. The van der Waals surface area contributed by atoms with Gasteiger partial charge in [0.05, 0.1) is 7.11 Å². The van der Waals surface area contributed by atoms with E-state index in [-0.39, 0.29) is 5.91 Å². The van der Waals surface area contributed by atoms with E-state index < -0.39 is 0 Å². The van der Waals surface area contributed by atoms with Gasteiger partial charge in [-0.3, -0.25) is 14.8 Å². The van der Waals surface area contributed by atoms with Crippen molar-refractivity contribution >= 4 is 11.6 Å². The molecule has 7 heteroatoms. The number of carbonyl (C=O) groups is 1. The second-order valence-corrected chi connectivity index (χ2v) is 12.0. The summed E-state index contributed by atoms with van der Waals surface area (Å²) in [6, 6.07) is 19.5. The molecule has 0 bridgehead atoms. The fraction of sp³-hybridized carbons (Fsp3) is 0.378. The Balaban J connectivity index is 1.16. The van der Waals surface area contributed by atoms with Crippen LogP contribution < -0.4 is 15.0 Å². The van der Waals surface area contributed by atoms with Gasteiger partial charge < -0.3 is 19.9 Å². The van der Waals surface area contributed by atoms with E-state index in [1.807, 2.05) is 50.5 Å². The van der Waals surface area contributed by atoms with Gasteiger partial charge in [0.2, 0.25) is 0 Å². The molecule has 1 aliphatic rings. The normalized spacial score (nSPS) is 14.7. The Bertz CT molecular complexity index is 1510. The van der Waals surface area contributed by atoms with Crippen LogP contribution in [0, 0.1) is 20.8 Å². The van der Waals surface area contributed by atoms with E-state index in [1.54, 1.807) is 19.5 Å². The summed E-state index contributed by atoms with van der Waals surface area (Å²) in [6.45, 7) is 12.0. The molecule has 230 valence electrons. The van der Waals surface area contributed by atoms with Crippen molar-refractivity contribution in [3.8, 4) is 16.9 Å². The number of hydrogen-bond acceptors (Lipinski definition) is 6. The minimum atomic E-state index is 0.00742. The summed E-state index contributed by atoms with van der Waals surface area (Å²) < 4.78 is 5.41. The lowest BCUT2D eigenvalue weighted by Gasteiger charge is -2.42. The minimum absolute atomic E-state index is 0.00742. The van der Waals surface area contributed by atoms with Crippen molar-refractivity contribution in [3.05, 3.63) is 107 Å². The van der Waals surface area contributed by atoms with Crippen molar-refractivity contribution in [1.82, 2.24) is 20.2 Å². The number of methoxy groups -OCH3 is 1. The third-order valence-corrected chi connectivity index (χ3v) is 9.08. The Labute approximate surface area is 262 Å². The van der Waals surface area contributed by atoms with Gasteiger partial charge in [-0.25, -0.2) is 0 Å². The summed E-state index contributed by atoms with van der Waals surface area (Å²) >= 11 is 0. The molecule has 2 aromatic carbocycles. The highest BCUT2D eigenvalue weighted by atomic mass is 16.5. The molecule has 2 aromatic heterocycles. The monoisotopic (exact) mass is 591 g/mol. The molecule has 1 fully saturated rings. The van der Waals surface area contributed by atoms with Gasteiger partial charge in [-0.15, -0.1) is 0 Å². The molecule has 1 atom stereocenters. The number of nitrogens with one attached hydrogen (secondary N) is 1. The van der Waals surface area contributed by atoms with E-state index >= 15 is 0 Å². The lowest BCUT2D eigenvalue weighted by Crippen LogP contribution is -2.48. The molecule has 44 heavy (non-hydrogen) atoms. The standard InChI is InChI=1S/C37H45N5O2/c1-26-10-16-39-24-32(26)25-42(33-6-8-35(44-5)9-7-33)34-14-20-41(21-15-34)29(4)11-19-40-37(43)36-27(2)22-31(23-28(36)3)30-12-17-38-18-13-30/h6-10,12-13,16-18,22-24,29,34H,11,14-15,19-21,25H2,1-5H3,(H,40,43)/t29-/m1/s1. The predicted octanol–water partition coefficient (Wildman–Crippen LogP) is 6.76. The first kappa shape index (κ1) is 31.2. The first-order chi connectivity index (χ1) is 21.3. The molecular weight excluding hydrogens is 546 g/mol. The number of amides is 1. The predicted molar refractivity (Wildman–Crippen MR) is 178 cm³/mol. The topological polar surface area (TPSA) is 70.6 Å². The quantitative estimate of drug-likeness (QED) is 0.208. The fourth-order valence-corrected chi connectivity index (χ4v) is 6.39. The molecule has 1 saturated heterocycles. The lowest BCUT2D eigenvalue weighted by molar-refractivity contribution is 0.0944. The third-order valence-electron chi connectivity index (χ3n) is 9.08. The summed E-state index contributed by atoms with van der Waals surface area (Å²) in [5.74, 6) is 0.877. The van der Waals surface area contributed by atoms with Crippen molar-refractivity contribution in [2.75, 3.05) is 31.6 Å². The second-order valence-electron chi connectivity index (χ2n) is 12.0. The Kier molecular flexibility index (Phi) is 10.3. The summed E-state index contributed by atoms with van der Waals surface area (Å²) in [6.07, 6.45) is 10.5. The highest BCUT2D eigenvalue weighted by Gasteiger charge is 2.28. The average molecular weight is 592 g/mol. The Morgan fingerprint density at radius 1 is 0.932 bits per heavy atom. The van der Waals surface area contributed by atoms with Crippen LogP contribution in [-0.2, 0) is 6.54 Å². The van der Waals surface area contributed by atoms with E-state index in [2.05, 4.69) is 69.3 Å². The molecule has 3 heterocycles. The van der Waals surface area contributed by atoms with E-state index in [4.69, 9.17) is 4.74 Å². The summed E-state index contributed by atoms with van der Waals surface area (Å²) in [5.41, 5.74) is 8.71. The van der Waals surface area contributed by atoms with Crippen LogP contribution in [0.4, 0.5) is 5.69 Å². The minimum Gasteiger partial charge on any atom is -0.497 e. The van der Waals surface area contributed by atoms with Gasteiger partial charge in [0, 0.05) is 74.3 Å². The molecule has 0 radical (unpaired) electrons. The van der Waals surface area contributed by atoms with E-state index in [9.17, 15) is 4.79 Å². The first-order valence-electron chi connectivity index (χ1n) is 15.7. The number of nitrogens with zero attached hydrogens (tertiary/aromatic N) is 4. The van der Waals surface area contributed by atoms with E-state index in [0.29, 0.717) is 18.6 Å². The van der Waals surface area contributed by atoms with Crippen LogP contribution in [0.25, 0.3) is 11.1 Å². The zero-order valence-corrected chi connectivity index (χ0v) is 26.7.